The fourth-order valence-electron chi connectivity index (χ4n) is 1.78. The third kappa shape index (κ3) is 7.00. The average molecular weight is 380 g/mol. The van der Waals surface area contributed by atoms with E-state index in [9.17, 15) is 29.4 Å². The fourth-order valence-corrected chi connectivity index (χ4v) is 4.59. The zero-order chi connectivity index (χ0) is 19.3. The Balaban J connectivity index is 5.22. The third-order valence-electron chi connectivity index (χ3n) is 3.05. The van der Waals surface area contributed by atoms with Gasteiger partial charge in [-0.3, -0.25) is 9.59 Å². The first-order valence-corrected chi connectivity index (χ1v) is 9.22. The fraction of sp³-hybridized carbons (Fsp3) is 0.714. The minimum absolute atomic E-state index is 0.470. The number of carboxylic acids is 2. The van der Waals surface area contributed by atoms with Crippen LogP contribution >= 0.6 is 21.6 Å². The van der Waals surface area contributed by atoms with Crippen molar-refractivity contribution in [1.29, 1.82) is 0 Å². The molecule has 0 aromatic rings. The summed E-state index contributed by atoms with van der Waals surface area (Å²) in [6, 6.07) is -2.29. The zero-order valence-electron chi connectivity index (χ0n) is 14.5. The van der Waals surface area contributed by atoms with Crippen LogP contribution in [0.1, 0.15) is 41.5 Å². The molecule has 0 aliphatic heterocycles. The quantitative estimate of drug-likeness (QED) is 0.437. The van der Waals surface area contributed by atoms with Gasteiger partial charge in [0.05, 0.1) is 9.49 Å². The molecule has 8 nitrogen and oxygen atoms in total. The van der Waals surface area contributed by atoms with Gasteiger partial charge in [0.25, 0.3) is 0 Å². The normalized spacial score (nSPS) is 14.4. The van der Waals surface area contributed by atoms with Crippen LogP contribution < -0.4 is 10.6 Å². The van der Waals surface area contributed by atoms with Crippen molar-refractivity contribution in [2.24, 2.45) is 0 Å². The molecule has 0 saturated carbocycles. The molecule has 0 aliphatic carbocycles. The number of nitrogens with one attached hydrogen (secondary N) is 2. The molecule has 24 heavy (non-hydrogen) atoms. The first kappa shape index (κ1) is 22.6. The summed E-state index contributed by atoms with van der Waals surface area (Å²) in [6.45, 7) is 9.02. The third-order valence-corrected chi connectivity index (χ3v) is 7.29. The van der Waals surface area contributed by atoms with Gasteiger partial charge in [-0.25, -0.2) is 9.59 Å². The highest BCUT2D eigenvalue weighted by Crippen LogP contribution is 2.46. The maximum Gasteiger partial charge on any atom is 0.327 e. The van der Waals surface area contributed by atoms with E-state index in [0.29, 0.717) is 0 Å². The van der Waals surface area contributed by atoms with Gasteiger partial charge in [-0.1, -0.05) is 21.6 Å². The molecule has 2 atom stereocenters. The minimum Gasteiger partial charge on any atom is -0.480 e. The second-order valence-corrected chi connectivity index (χ2v) is 9.75. The molecule has 0 spiro atoms. The monoisotopic (exact) mass is 380 g/mol. The predicted molar refractivity (Wildman–Crippen MR) is 93.8 cm³/mol. The number of carbonyl (C=O) groups excluding carboxylic acids is 2. The average Bonchev–Trinajstić information content (AvgIpc) is 2.39. The van der Waals surface area contributed by atoms with Crippen molar-refractivity contribution >= 4 is 45.3 Å². The lowest BCUT2D eigenvalue weighted by Gasteiger charge is -2.36. The van der Waals surface area contributed by atoms with Crippen molar-refractivity contribution in [3.8, 4) is 0 Å². The number of carbonyl (C=O) groups is 4. The van der Waals surface area contributed by atoms with Crippen LogP contribution in [0.2, 0.25) is 0 Å². The number of rotatable bonds is 9. The van der Waals surface area contributed by atoms with Gasteiger partial charge in [0.15, 0.2) is 0 Å². The maximum absolute atomic E-state index is 11.4. The van der Waals surface area contributed by atoms with E-state index in [2.05, 4.69) is 10.6 Å². The highest BCUT2D eigenvalue weighted by atomic mass is 33.1. The Hall–Kier alpha value is -1.42. The molecule has 0 fully saturated rings. The van der Waals surface area contributed by atoms with Gasteiger partial charge in [0.2, 0.25) is 11.8 Å². The Kier molecular flexibility index (Phi) is 8.10. The largest absolute Gasteiger partial charge is 0.480 e. The molecule has 10 heteroatoms. The molecular formula is C14H24N2O6S2. The lowest BCUT2D eigenvalue weighted by Crippen LogP contribution is -2.53. The lowest BCUT2D eigenvalue weighted by atomic mass is 10.0. The molecule has 0 bridgehead atoms. The van der Waals surface area contributed by atoms with Crippen LogP contribution in [-0.2, 0) is 19.2 Å². The van der Waals surface area contributed by atoms with Crippen LogP contribution in [0.3, 0.4) is 0 Å². The molecule has 0 aliphatic rings. The first-order valence-electron chi connectivity index (χ1n) is 7.07. The molecule has 0 saturated heterocycles. The zero-order valence-corrected chi connectivity index (χ0v) is 16.1. The van der Waals surface area contributed by atoms with Crippen molar-refractivity contribution in [3.05, 3.63) is 0 Å². The number of hydrogen-bond donors (Lipinski definition) is 4. The Labute approximate surface area is 148 Å². The van der Waals surface area contributed by atoms with E-state index < -0.39 is 45.3 Å². The van der Waals surface area contributed by atoms with Gasteiger partial charge < -0.3 is 20.8 Å². The van der Waals surface area contributed by atoms with E-state index >= 15 is 0 Å². The van der Waals surface area contributed by atoms with Crippen LogP contribution in [-0.4, -0.2) is 55.5 Å². The molecule has 138 valence electrons. The molecule has 4 N–H and O–H groups in total. The topological polar surface area (TPSA) is 133 Å². The Morgan fingerprint density at radius 3 is 1.17 bits per heavy atom. The standard InChI is InChI=1S/C14H24N2O6S2/c1-7(17)15-9(11(19)20)13(3,4)23-24-14(5,6)10(12(21)22)16-8(2)18/h9-10H,1-6H3,(H,15,17)(H,16,18)(H,19,20)(H,21,22)/t9-,10-/m1/s1. The van der Waals surface area contributed by atoms with Crippen molar-refractivity contribution in [2.45, 2.75) is 63.1 Å². The summed E-state index contributed by atoms with van der Waals surface area (Å²) in [5.41, 5.74) is 0. The first-order chi connectivity index (χ1) is 10.7. The SMILES string of the molecule is CC(=O)N[C@H](C(=O)O)C(C)(C)SSC(C)(C)[C@H](NC(C)=O)C(=O)O. The number of amides is 2. The highest BCUT2D eigenvalue weighted by molar-refractivity contribution is 8.77. The van der Waals surface area contributed by atoms with Gasteiger partial charge in [-0.2, -0.15) is 0 Å². The second kappa shape index (κ2) is 8.61. The van der Waals surface area contributed by atoms with Crippen LogP contribution in [0.4, 0.5) is 0 Å². The molecule has 0 radical (unpaired) electrons. The van der Waals surface area contributed by atoms with E-state index in [-0.39, 0.29) is 0 Å². The molecule has 0 aromatic carbocycles. The van der Waals surface area contributed by atoms with E-state index in [1.54, 1.807) is 27.7 Å². The molecule has 0 unspecified atom stereocenters. The van der Waals surface area contributed by atoms with Crippen LogP contribution in [0.15, 0.2) is 0 Å². The van der Waals surface area contributed by atoms with Crippen molar-refractivity contribution in [3.63, 3.8) is 0 Å². The predicted octanol–water partition coefficient (Wildman–Crippen LogP) is 1.10. The Morgan fingerprint density at radius 2 is 1.00 bits per heavy atom. The highest BCUT2D eigenvalue weighted by Gasteiger charge is 2.42. The Morgan fingerprint density at radius 1 is 0.750 bits per heavy atom. The van der Waals surface area contributed by atoms with Gasteiger partial charge in [-0.05, 0) is 27.7 Å². The summed E-state index contributed by atoms with van der Waals surface area (Å²) in [6.07, 6.45) is 0. The maximum atomic E-state index is 11.4. The molecular weight excluding hydrogens is 356 g/mol. The summed E-state index contributed by atoms with van der Waals surface area (Å²) < 4.78 is -1.84. The molecule has 0 heterocycles. The van der Waals surface area contributed by atoms with Crippen LogP contribution in [0.5, 0.6) is 0 Å². The lowest BCUT2D eigenvalue weighted by molar-refractivity contribution is -0.142. The van der Waals surface area contributed by atoms with Gasteiger partial charge in [-0.15, -0.1) is 0 Å². The summed E-state index contributed by atoms with van der Waals surface area (Å²) in [5.74, 6) is -3.31. The summed E-state index contributed by atoms with van der Waals surface area (Å²) in [4.78, 5) is 45.2. The second-order valence-electron chi connectivity index (χ2n) is 6.32. The van der Waals surface area contributed by atoms with Gasteiger partial charge in [0, 0.05) is 13.8 Å². The smallest absolute Gasteiger partial charge is 0.327 e. The molecule has 0 rings (SSSR count). The van der Waals surface area contributed by atoms with Crippen molar-refractivity contribution in [1.82, 2.24) is 10.6 Å². The number of carboxylic acid groups (broad SMARTS) is 2. The van der Waals surface area contributed by atoms with Crippen molar-refractivity contribution in [2.75, 3.05) is 0 Å². The van der Waals surface area contributed by atoms with Crippen LogP contribution in [0.25, 0.3) is 0 Å². The van der Waals surface area contributed by atoms with Crippen LogP contribution in [0, 0.1) is 0 Å². The van der Waals surface area contributed by atoms with E-state index in [1.165, 1.54) is 13.8 Å². The Bertz CT molecular complexity index is 475. The summed E-state index contributed by atoms with van der Waals surface area (Å²) in [5, 5.41) is 23.4. The minimum atomic E-state index is -1.18. The van der Waals surface area contributed by atoms with E-state index in [1.807, 2.05) is 0 Å². The summed E-state index contributed by atoms with van der Waals surface area (Å²) >= 11 is 0. The van der Waals surface area contributed by atoms with Gasteiger partial charge >= 0.3 is 11.9 Å². The van der Waals surface area contributed by atoms with E-state index in [4.69, 9.17) is 0 Å². The molecule has 2 amide bonds. The molecule has 0 aromatic heterocycles. The van der Waals surface area contributed by atoms with E-state index in [0.717, 1.165) is 21.6 Å². The van der Waals surface area contributed by atoms with Crippen molar-refractivity contribution < 1.29 is 29.4 Å². The number of aliphatic carboxylic acids is 2. The number of hydrogen-bond acceptors (Lipinski definition) is 6. The van der Waals surface area contributed by atoms with Gasteiger partial charge in [0.1, 0.15) is 12.1 Å². The summed E-state index contributed by atoms with van der Waals surface area (Å²) in [7, 11) is 2.29.